The van der Waals surface area contributed by atoms with Gasteiger partial charge < -0.3 is 15.0 Å². The van der Waals surface area contributed by atoms with Crippen LogP contribution in [0, 0.1) is 11.3 Å². The lowest BCUT2D eigenvalue weighted by molar-refractivity contribution is -0.171. The van der Waals surface area contributed by atoms with Gasteiger partial charge in [-0.2, -0.15) is 11.3 Å². The van der Waals surface area contributed by atoms with Gasteiger partial charge in [0.15, 0.2) is 5.96 Å². The Labute approximate surface area is 166 Å². The van der Waals surface area contributed by atoms with Gasteiger partial charge in [0.05, 0.1) is 6.10 Å². The van der Waals surface area contributed by atoms with E-state index in [9.17, 15) is 0 Å². The van der Waals surface area contributed by atoms with Crippen LogP contribution in [-0.4, -0.2) is 43.2 Å². The van der Waals surface area contributed by atoms with Crippen molar-refractivity contribution in [2.24, 2.45) is 16.3 Å². The lowest BCUT2D eigenvalue weighted by Crippen LogP contribution is -2.72. The molecular formula is C18H28IN3OS. The summed E-state index contributed by atoms with van der Waals surface area (Å²) >= 11 is 1.76. The first-order valence-electron chi connectivity index (χ1n) is 8.89. The Bertz CT molecular complexity index is 573. The Morgan fingerprint density at radius 2 is 2.33 bits per heavy atom. The minimum Gasteiger partial charge on any atom is -0.377 e. The van der Waals surface area contributed by atoms with Crippen LogP contribution in [0.3, 0.4) is 0 Å². The molecule has 6 heteroatoms. The van der Waals surface area contributed by atoms with Crippen molar-refractivity contribution in [2.45, 2.75) is 51.3 Å². The third kappa shape index (κ3) is 2.98. The van der Waals surface area contributed by atoms with E-state index < -0.39 is 0 Å². The predicted octanol–water partition coefficient (Wildman–Crippen LogP) is 3.72. The number of hydrogen-bond acceptors (Lipinski definition) is 3. The van der Waals surface area contributed by atoms with Crippen molar-refractivity contribution in [3.05, 3.63) is 22.4 Å². The van der Waals surface area contributed by atoms with Crippen LogP contribution in [0.5, 0.6) is 0 Å². The third-order valence-electron chi connectivity index (χ3n) is 5.99. The molecule has 3 atom stereocenters. The van der Waals surface area contributed by atoms with Crippen LogP contribution in [0.1, 0.15) is 38.2 Å². The standard InChI is InChI=1S/C18H27N3OS.HI/c1-3-19-17(21(2)11-13-6-10-23-12-13)20-15-14-5-9-22-16(14)18(15)7-4-8-18;/h6,10,12,14-16H,3-5,7-9,11H2,1-2H3,(H,19,20);1H. The summed E-state index contributed by atoms with van der Waals surface area (Å²) < 4.78 is 6.04. The van der Waals surface area contributed by atoms with E-state index in [-0.39, 0.29) is 24.0 Å². The molecular weight excluding hydrogens is 433 g/mol. The normalized spacial score (nSPS) is 30.1. The van der Waals surface area contributed by atoms with Gasteiger partial charge in [0.1, 0.15) is 0 Å². The van der Waals surface area contributed by atoms with Crippen LogP contribution in [0.2, 0.25) is 0 Å². The summed E-state index contributed by atoms with van der Waals surface area (Å²) in [4.78, 5) is 7.02. The molecule has 1 spiro atoms. The average molecular weight is 461 g/mol. The Morgan fingerprint density at radius 1 is 1.50 bits per heavy atom. The predicted molar refractivity (Wildman–Crippen MR) is 110 cm³/mol. The van der Waals surface area contributed by atoms with E-state index in [0.29, 0.717) is 23.5 Å². The number of nitrogens with one attached hydrogen (secondary N) is 1. The fraction of sp³-hybridized carbons (Fsp3) is 0.722. The van der Waals surface area contributed by atoms with Gasteiger partial charge in [-0.15, -0.1) is 24.0 Å². The number of aliphatic imine (C=N–C) groups is 1. The van der Waals surface area contributed by atoms with E-state index in [1.165, 1.54) is 31.2 Å². The minimum atomic E-state index is 0. The van der Waals surface area contributed by atoms with E-state index in [0.717, 1.165) is 25.7 Å². The van der Waals surface area contributed by atoms with Crippen LogP contribution in [-0.2, 0) is 11.3 Å². The van der Waals surface area contributed by atoms with Gasteiger partial charge in [0.2, 0.25) is 0 Å². The molecule has 0 amide bonds. The summed E-state index contributed by atoms with van der Waals surface area (Å²) in [7, 11) is 2.15. The molecule has 3 fully saturated rings. The van der Waals surface area contributed by atoms with Crippen LogP contribution >= 0.6 is 35.3 Å². The minimum absolute atomic E-state index is 0. The summed E-state index contributed by atoms with van der Waals surface area (Å²) in [6.07, 6.45) is 5.71. The number of fused-ring (bicyclic) bond motifs is 2. The number of hydrogen-bond donors (Lipinski definition) is 1. The van der Waals surface area contributed by atoms with Crippen molar-refractivity contribution in [3.8, 4) is 0 Å². The van der Waals surface area contributed by atoms with E-state index in [1.807, 2.05) is 0 Å². The number of guanidine groups is 1. The summed E-state index contributed by atoms with van der Waals surface area (Å²) in [6.45, 7) is 4.79. The molecule has 3 aliphatic rings. The molecule has 4 rings (SSSR count). The molecule has 0 radical (unpaired) electrons. The zero-order valence-corrected chi connectivity index (χ0v) is 17.7. The zero-order chi connectivity index (χ0) is 15.9. The van der Waals surface area contributed by atoms with E-state index in [1.54, 1.807) is 11.3 Å². The fourth-order valence-corrected chi connectivity index (χ4v) is 5.41. The Hall–Kier alpha value is -0.340. The Balaban J connectivity index is 0.00000169. The number of thiophene rings is 1. The average Bonchev–Trinajstić information content (AvgIpc) is 3.12. The summed E-state index contributed by atoms with van der Waals surface area (Å²) in [6, 6.07) is 2.75. The number of ether oxygens (including phenoxy) is 1. The molecule has 1 N–H and O–H groups in total. The monoisotopic (exact) mass is 461 g/mol. The van der Waals surface area contributed by atoms with Crippen molar-refractivity contribution in [1.82, 2.24) is 10.2 Å². The van der Waals surface area contributed by atoms with Crippen molar-refractivity contribution < 1.29 is 4.74 Å². The van der Waals surface area contributed by atoms with Crippen molar-refractivity contribution >= 4 is 41.3 Å². The molecule has 134 valence electrons. The quantitative estimate of drug-likeness (QED) is 0.422. The second-order valence-corrected chi connectivity index (χ2v) is 8.02. The maximum Gasteiger partial charge on any atom is 0.194 e. The van der Waals surface area contributed by atoms with Gasteiger partial charge in [0.25, 0.3) is 0 Å². The van der Waals surface area contributed by atoms with E-state index in [2.05, 4.69) is 41.0 Å². The van der Waals surface area contributed by atoms with Crippen LogP contribution in [0.15, 0.2) is 21.8 Å². The van der Waals surface area contributed by atoms with Crippen molar-refractivity contribution in [3.63, 3.8) is 0 Å². The molecule has 2 aliphatic carbocycles. The Kier molecular flexibility index (Phi) is 5.76. The highest BCUT2D eigenvalue weighted by Crippen LogP contribution is 2.62. The summed E-state index contributed by atoms with van der Waals surface area (Å²) in [5.74, 6) is 1.74. The molecule has 1 saturated heterocycles. The van der Waals surface area contributed by atoms with E-state index in [4.69, 9.17) is 9.73 Å². The van der Waals surface area contributed by atoms with Crippen LogP contribution in [0.25, 0.3) is 0 Å². The van der Waals surface area contributed by atoms with Gasteiger partial charge in [-0.25, -0.2) is 0 Å². The second kappa shape index (κ2) is 7.50. The molecule has 2 saturated carbocycles. The maximum absolute atomic E-state index is 6.04. The SMILES string of the molecule is CCN=C(NC1C2CCOC2C12CCC2)N(C)Cc1ccsc1.I. The first-order chi connectivity index (χ1) is 11.2. The molecule has 3 unspecified atom stereocenters. The fourth-order valence-electron chi connectivity index (χ4n) is 4.75. The third-order valence-corrected chi connectivity index (χ3v) is 6.72. The van der Waals surface area contributed by atoms with E-state index >= 15 is 0 Å². The van der Waals surface area contributed by atoms with Crippen LogP contribution < -0.4 is 5.32 Å². The number of rotatable bonds is 4. The molecule has 1 aliphatic heterocycles. The molecule has 0 aromatic carbocycles. The lowest BCUT2D eigenvalue weighted by Gasteiger charge is -2.63. The zero-order valence-electron chi connectivity index (χ0n) is 14.5. The highest BCUT2D eigenvalue weighted by molar-refractivity contribution is 14.0. The lowest BCUT2D eigenvalue weighted by atomic mass is 9.46. The summed E-state index contributed by atoms with van der Waals surface area (Å²) in [5.41, 5.74) is 1.76. The number of nitrogens with zero attached hydrogens (tertiary/aromatic N) is 2. The second-order valence-electron chi connectivity index (χ2n) is 7.24. The first-order valence-corrected chi connectivity index (χ1v) is 9.83. The number of halogens is 1. The largest absolute Gasteiger partial charge is 0.377 e. The van der Waals surface area contributed by atoms with Gasteiger partial charge >= 0.3 is 0 Å². The molecule has 2 heterocycles. The van der Waals surface area contributed by atoms with Crippen molar-refractivity contribution in [2.75, 3.05) is 20.2 Å². The van der Waals surface area contributed by atoms with Gasteiger partial charge in [-0.1, -0.05) is 6.42 Å². The first kappa shape index (κ1) is 18.5. The highest BCUT2D eigenvalue weighted by atomic mass is 127. The smallest absolute Gasteiger partial charge is 0.194 e. The topological polar surface area (TPSA) is 36.9 Å². The Morgan fingerprint density at radius 3 is 2.96 bits per heavy atom. The van der Waals surface area contributed by atoms with Gasteiger partial charge in [0, 0.05) is 44.1 Å². The van der Waals surface area contributed by atoms with Crippen molar-refractivity contribution in [1.29, 1.82) is 0 Å². The highest BCUT2D eigenvalue weighted by Gasteiger charge is 2.66. The van der Waals surface area contributed by atoms with Gasteiger partial charge in [-0.05, 0) is 48.6 Å². The molecule has 1 aromatic heterocycles. The summed E-state index contributed by atoms with van der Waals surface area (Å²) in [5, 5.41) is 8.19. The van der Waals surface area contributed by atoms with Gasteiger partial charge in [-0.3, -0.25) is 4.99 Å². The molecule has 4 nitrogen and oxygen atoms in total. The molecule has 1 aromatic rings. The molecule has 0 bridgehead atoms. The molecule has 24 heavy (non-hydrogen) atoms. The van der Waals surface area contributed by atoms with Crippen LogP contribution in [0.4, 0.5) is 0 Å². The maximum atomic E-state index is 6.04.